The summed E-state index contributed by atoms with van der Waals surface area (Å²) < 4.78 is 10.7. The number of nitro benzene ring substituents is 1. The van der Waals surface area contributed by atoms with Gasteiger partial charge in [-0.1, -0.05) is 85.8 Å². The SMILES string of the molecule is CCN(Cc1ccccc1)C(C)Cc1ccc(OC)cc1.O=[N+]([O-])c1cc(CO)ccc1OCc1ccccc1. The standard InChI is InChI=1S/C19H25NO.C14H13NO4/c1-4-20(15-18-8-6-5-7-9-18)16(2)14-17-10-12-19(21-3)13-11-17;16-9-12-6-7-14(13(8-12)15(17)18)19-10-11-4-2-1-3-5-11/h5-13,16H,4,14-15H2,1-3H3;1-8,16H,9-10H2. The molecule has 40 heavy (non-hydrogen) atoms. The number of benzene rings is 4. The highest BCUT2D eigenvalue weighted by Gasteiger charge is 2.16. The molecule has 7 nitrogen and oxygen atoms in total. The molecule has 4 rings (SSSR count). The van der Waals surface area contributed by atoms with Crippen molar-refractivity contribution in [2.45, 2.75) is 46.1 Å². The average molecular weight is 543 g/mol. The van der Waals surface area contributed by atoms with Crippen molar-refractivity contribution in [2.75, 3.05) is 13.7 Å². The fourth-order valence-electron chi connectivity index (χ4n) is 4.29. The van der Waals surface area contributed by atoms with Crippen LogP contribution < -0.4 is 9.47 Å². The van der Waals surface area contributed by atoms with Crippen LogP contribution in [0.3, 0.4) is 0 Å². The molecular weight excluding hydrogens is 504 g/mol. The molecule has 0 spiro atoms. The molecule has 4 aromatic carbocycles. The monoisotopic (exact) mass is 542 g/mol. The summed E-state index contributed by atoms with van der Waals surface area (Å²) >= 11 is 0. The maximum atomic E-state index is 10.9. The summed E-state index contributed by atoms with van der Waals surface area (Å²) in [5, 5.41) is 19.9. The van der Waals surface area contributed by atoms with Crippen LogP contribution in [-0.4, -0.2) is 34.6 Å². The topological polar surface area (TPSA) is 85.1 Å². The zero-order valence-electron chi connectivity index (χ0n) is 23.4. The van der Waals surface area contributed by atoms with Gasteiger partial charge in [0.05, 0.1) is 18.6 Å². The summed E-state index contributed by atoms with van der Waals surface area (Å²) in [6, 6.07) is 33.4. The Hall–Kier alpha value is -4.20. The van der Waals surface area contributed by atoms with E-state index in [-0.39, 0.29) is 24.7 Å². The van der Waals surface area contributed by atoms with Gasteiger partial charge in [-0.25, -0.2) is 0 Å². The van der Waals surface area contributed by atoms with Gasteiger partial charge in [0.1, 0.15) is 12.4 Å². The van der Waals surface area contributed by atoms with E-state index in [4.69, 9.17) is 14.6 Å². The number of likely N-dealkylation sites (N-methyl/N-ethyl adjacent to an activating group) is 1. The highest BCUT2D eigenvalue weighted by atomic mass is 16.6. The third kappa shape index (κ3) is 9.52. The van der Waals surface area contributed by atoms with Gasteiger partial charge in [-0.05, 0) is 60.3 Å². The molecule has 7 heteroatoms. The molecule has 0 saturated heterocycles. The van der Waals surface area contributed by atoms with Crippen LogP contribution in [0.2, 0.25) is 0 Å². The van der Waals surface area contributed by atoms with Gasteiger partial charge in [0, 0.05) is 18.7 Å². The molecule has 0 aliphatic heterocycles. The van der Waals surface area contributed by atoms with E-state index in [0.717, 1.165) is 30.8 Å². The fraction of sp³-hybridized carbons (Fsp3) is 0.273. The van der Waals surface area contributed by atoms with E-state index < -0.39 is 4.92 Å². The second kappa shape index (κ2) is 16.0. The molecule has 1 atom stereocenters. The molecule has 0 heterocycles. The third-order valence-electron chi connectivity index (χ3n) is 6.59. The summed E-state index contributed by atoms with van der Waals surface area (Å²) in [4.78, 5) is 12.9. The second-order valence-corrected chi connectivity index (χ2v) is 9.44. The number of aliphatic hydroxyl groups is 1. The quantitative estimate of drug-likeness (QED) is 0.156. The van der Waals surface area contributed by atoms with Crippen molar-refractivity contribution in [2.24, 2.45) is 0 Å². The van der Waals surface area contributed by atoms with Crippen LogP contribution in [0.5, 0.6) is 11.5 Å². The van der Waals surface area contributed by atoms with Gasteiger partial charge in [-0.2, -0.15) is 0 Å². The zero-order valence-corrected chi connectivity index (χ0v) is 23.4. The first-order valence-electron chi connectivity index (χ1n) is 13.4. The molecule has 0 amide bonds. The Morgan fingerprint density at radius 3 is 2.00 bits per heavy atom. The number of hydrogen-bond donors (Lipinski definition) is 1. The highest BCUT2D eigenvalue weighted by Crippen LogP contribution is 2.28. The average Bonchev–Trinajstić information content (AvgIpc) is 3.00. The van der Waals surface area contributed by atoms with Crippen LogP contribution in [0.4, 0.5) is 5.69 Å². The van der Waals surface area contributed by atoms with E-state index in [9.17, 15) is 10.1 Å². The molecule has 0 fully saturated rings. The van der Waals surface area contributed by atoms with E-state index in [2.05, 4.69) is 61.2 Å². The van der Waals surface area contributed by atoms with Crippen LogP contribution in [0, 0.1) is 10.1 Å². The van der Waals surface area contributed by atoms with Crippen molar-refractivity contribution >= 4 is 5.69 Å². The predicted molar refractivity (Wildman–Crippen MR) is 158 cm³/mol. The van der Waals surface area contributed by atoms with Gasteiger partial charge in [-0.3, -0.25) is 15.0 Å². The molecule has 0 aliphatic carbocycles. The lowest BCUT2D eigenvalue weighted by molar-refractivity contribution is -0.386. The molecule has 0 bridgehead atoms. The van der Waals surface area contributed by atoms with Crippen LogP contribution >= 0.6 is 0 Å². The molecule has 1 unspecified atom stereocenters. The van der Waals surface area contributed by atoms with Crippen LogP contribution in [0.1, 0.15) is 36.1 Å². The van der Waals surface area contributed by atoms with E-state index >= 15 is 0 Å². The molecule has 4 aromatic rings. The fourth-order valence-corrected chi connectivity index (χ4v) is 4.29. The molecule has 0 saturated carbocycles. The highest BCUT2D eigenvalue weighted by molar-refractivity contribution is 5.48. The van der Waals surface area contributed by atoms with Gasteiger partial charge >= 0.3 is 5.69 Å². The first kappa shape index (κ1) is 30.3. The summed E-state index contributed by atoms with van der Waals surface area (Å²) in [6.45, 7) is 6.63. The first-order valence-corrected chi connectivity index (χ1v) is 13.4. The van der Waals surface area contributed by atoms with Crippen molar-refractivity contribution in [3.8, 4) is 11.5 Å². The Kier molecular flexibility index (Phi) is 12.2. The van der Waals surface area contributed by atoms with Gasteiger partial charge in [0.2, 0.25) is 0 Å². The van der Waals surface area contributed by atoms with Crippen molar-refractivity contribution in [3.05, 3.63) is 135 Å². The molecule has 0 aliphatic rings. The van der Waals surface area contributed by atoms with Crippen molar-refractivity contribution < 1.29 is 19.5 Å². The predicted octanol–water partition coefficient (Wildman–Crippen LogP) is 6.81. The largest absolute Gasteiger partial charge is 0.497 e. The molecular formula is C33H38N2O5. The van der Waals surface area contributed by atoms with Gasteiger partial charge in [0.15, 0.2) is 5.75 Å². The van der Waals surface area contributed by atoms with Gasteiger partial charge in [0.25, 0.3) is 0 Å². The minimum absolute atomic E-state index is 0.137. The number of rotatable bonds is 12. The number of hydrogen-bond acceptors (Lipinski definition) is 6. The lowest BCUT2D eigenvalue weighted by Crippen LogP contribution is -2.33. The Bertz CT molecular complexity index is 1300. The maximum Gasteiger partial charge on any atom is 0.311 e. The number of methoxy groups -OCH3 is 1. The Balaban J connectivity index is 0.000000222. The Morgan fingerprint density at radius 2 is 1.45 bits per heavy atom. The lowest BCUT2D eigenvalue weighted by Gasteiger charge is -2.28. The van der Waals surface area contributed by atoms with Gasteiger partial charge < -0.3 is 14.6 Å². The summed E-state index contributed by atoms with van der Waals surface area (Å²) in [7, 11) is 1.70. The van der Waals surface area contributed by atoms with Crippen molar-refractivity contribution in [1.82, 2.24) is 4.90 Å². The summed E-state index contributed by atoms with van der Waals surface area (Å²) in [6.07, 6.45) is 1.06. The summed E-state index contributed by atoms with van der Waals surface area (Å²) in [5.41, 5.74) is 4.01. The van der Waals surface area contributed by atoms with E-state index in [0.29, 0.717) is 11.6 Å². The minimum Gasteiger partial charge on any atom is -0.497 e. The van der Waals surface area contributed by atoms with Crippen LogP contribution in [0.15, 0.2) is 103 Å². The van der Waals surface area contributed by atoms with Crippen LogP contribution in [-0.2, 0) is 26.2 Å². The van der Waals surface area contributed by atoms with E-state index in [1.807, 2.05) is 42.5 Å². The lowest BCUT2D eigenvalue weighted by atomic mass is 10.0. The van der Waals surface area contributed by atoms with E-state index in [1.165, 1.54) is 23.3 Å². The number of ether oxygens (including phenoxy) is 2. The normalized spacial score (nSPS) is 11.3. The van der Waals surface area contributed by atoms with Crippen molar-refractivity contribution in [1.29, 1.82) is 0 Å². The molecule has 210 valence electrons. The number of nitro groups is 1. The van der Waals surface area contributed by atoms with E-state index in [1.54, 1.807) is 13.2 Å². The Labute approximate surface area is 236 Å². The second-order valence-electron chi connectivity index (χ2n) is 9.44. The maximum absolute atomic E-state index is 10.9. The summed E-state index contributed by atoms with van der Waals surface area (Å²) in [5.74, 6) is 1.12. The smallest absolute Gasteiger partial charge is 0.311 e. The van der Waals surface area contributed by atoms with Crippen molar-refractivity contribution in [3.63, 3.8) is 0 Å². The first-order chi connectivity index (χ1) is 19.4. The Morgan fingerprint density at radius 1 is 0.850 bits per heavy atom. The third-order valence-corrected chi connectivity index (χ3v) is 6.59. The van der Waals surface area contributed by atoms with Crippen LogP contribution in [0.25, 0.3) is 0 Å². The number of nitrogens with zero attached hydrogens (tertiary/aromatic N) is 2. The van der Waals surface area contributed by atoms with Gasteiger partial charge in [-0.15, -0.1) is 0 Å². The molecule has 0 aromatic heterocycles. The minimum atomic E-state index is -0.514. The zero-order chi connectivity index (χ0) is 28.7. The molecule has 1 N–H and O–H groups in total. The molecule has 0 radical (unpaired) electrons. The number of aliphatic hydroxyl groups excluding tert-OH is 1.